The molecule has 168 valence electrons. The molecule has 1 aliphatic carbocycles. The Labute approximate surface area is 186 Å². The normalized spacial score (nSPS) is 17.0. The second-order valence-corrected chi connectivity index (χ2v) is 8.52. The van der Waals surface area contributed by atoms with Crippen LogP contribution in [0.2, 0.25) is 0 Å². The summed E-state index contributed by atoms with van der Waals surface area (Å²) in [7, 11) is 0. The molecule has 8 heteroatoms. The summed E-state index contributed by atoms with van der Waals surface area (Å²) in [4.78, 5) is 37.1. The number of rotatable bonds is 7. The fourth-order valence-electron chi connectivity index (χ4n) is 4.40. The maximum atomic E-state index is 12.6. The molecule has 0 radical (unpaired) electrons. The minimum absolute atomic E-state index is 0.0540. The van der Waals surface area contributed by atoms with E-state index in [1.165, 1.54) is 4.90 Å². The lowest BCUT2D eigenvalue weighted by molar-refractivity contribution is -0.174. The summed E-state index contributed by atoms with van der Waals surface area (Å²) in [5, 5.41) is 11.3. The minimum Gasteiger partial charge on any atom is -0.480 e. The number of ether oxygens (including phenoxy) is 2. The van der Waals surface area contributed by atoms with Crippen LogP contribution >= 0.6 is 0 Å². The molecule has 32 heavy (non-hydrogen) atoms. The highest BCUT2D eigenvalue weighted by molar-refractivity contribution is 5.86. The average molecular weight is 438 g/mol. The Morgan fingerprint density at radius 2 is 1.66 bits per heavy atom. The van der Waals surface area contributed by atoms with E-state index in [0.29, 0.717) is 0 Å². The Balaban J connectivity index is 1.29. The smallest absolute Gasteiger partial charge is 0.407 e. The molecule has 0 bridgehead atoms. The molecule has 2 aromatic carbocycles. The fraction of sp³-hybridized carbons (Fsp3) is 0.375. The third-order valence-corrected chi connectivity index (χ3v) is 5.95. The molecular weight excluding hydrogens is 412 g/mol. The van der Waals surface area contributed by atoms with Crippen LogP contribution in [0.4, 0.5) is 4.79 Å². The largest absolute Gasteiger partial charge is 0.480 e. The number of amides is 2. The maximum Gasteiger partial charge on any atom is 0.407 e. The predicted octanol–water partition coefficient (Wildman–Crippen LogP) is 2.62. The Hall–Kier alpha value is -3.39. The fourth-order valence-corrected chi connectivity index (χ4v) is 4.40. The van der Waals surface area contributed by atoms with E-state index in [1.807, 2.05) is 36.4 Å². The number of benzene rings is 2. The Morgan fingerprint density at radius 3 is 2.22 bits per heavy atom. The Bertz CT molecular complexity index is 1000. The summed E-state index contributed by atoms with van der Waals surface area (Å²) in [5.41, 5.74) is 3.84. The van der Waals surface area contributed by atoms with Gasteiger partial charge in [0.05, 0.1) is 13.1 Å². The first-order valence-electron chi connectivity index (χ1n) is 10.5. The van der Waals surface area contributed by atoms with Gasteiger partial charge in [-0.2, -0.15) is 0 Å². The van der Waals surface area contributed by atoms with E-state index in [4.69, 9.17) is 14.6 Å². The first-order chi connectivity index (χ1) is 15.3. The van der Waals surface area contributed by atoms with Crippen LogP contribution in [-0.2, 0) is 19.1 Å². The number of alkyl carbamates (subject to hydrolysis) is 1. The molecule has 1 atom stereocenters. The molecule has 1 fully saturated rings. The summed E-state index contributed by atoms with van der Waals surface area (Å²) < 4.78 is 10.8. The van der Waals surface area contributed by atoms with E-state index in [2.05, 4.69) is 17.4 Å². The number of carboxylic acid groups (broad SMARTS) is 1. The molecule has 2 N–H and O–H groups in total. The van der Waals surface area contributed by atoms with Crippen molar-refractivity contribution in [2.24, 2.45) is 0 Å². The van der Waals surface area contributed by atoms with Crippen LogP contribution < -0.4 is 5.32 Å². The van der Waals surface area contributed by atoms with Crippen LogP contribution in [0.3, 0.4) is 0 Å². The van der Waals surface area contributed by atoms with Gasteiger partial charge in [-0.25, -0.2) is 9.59 Å². The Morgan fingerprint density at radius 1 is 1.09 bits per heavy atom. The third kappa shape index (κ3) is 4.31. The van der Waals surface area contributed by atoms with Crippen molar-refractivity contribution >= 4 is 18.0 Å². The first kappa shape index (κ1) is 21.8. The van der Waals surface area contributed by atoms with Crippen LogP contribution in [0.1, 0.15) is 30.9 Å². The molecule has 0 unspecified atom stereocenters. The van der Waals surface area contributed by atoms with Crippen molar-refractivity contribution in [2.75, 3.05) is 26.3 Å². The van der Waals surface area contributed by atoms with E-state index in [9.17, 15) is 14.4 Å². The zero-order chi connectivity index (χ0) is 22.9. The van der Waals surface area contributed by atoms with Gasteiger partial charge in [0.2, 0.25) is 5.91 Å². The summed E-state index contributed by atoms with van der Waals surface area (Å²) in [5.74, 6) is -1.38. The van der Waals surface area contributed by atoms with Crippen molar-refractivity contribution in [3.63, 3.8) is 0 Å². The quantitative estimate of drug-likeness (QED) is 0.689. The van der Waals surface area contributed by atoms with Crippen molar-refractivity contribution in [2.45, 2.75) is 31.4 Å². The standard InChI is InChI=1S/C24H26N2O6/c1-15(22(29)26-13-24(2,14-26)32-12-21(27)28)25-23(30)31-11-20-18-9-5-3-7-16(18)17-8-4-6-10-19(17)20/h3-10,15,20H,11-14H2,1-2H3,(H,25,30)(H,27,28)/t15-/m0/s1. The zero-order valence-corrected chi connectivity index (χ0v) is 18.0. The Kier molecular flexibility index (Phi) is 5.88. The number of carbonyl (C=O) groups is 3. The van der Waals surface area contributed by atoms with Gasteiger partial charge in [-0.3, -0.25) is 4.79 Å². The molecular formula is C24H26N2O6. The van der Waals surface area contributed by atoms with Gasteiger partial charge in [-0.15, -0.1) is 0 Å². The van der Waals surface area contributed by atoms with Gasteiger partial charge in [0.15, 0.2) is 0 Å². The van der Waals surface area contributed by atoms with Gasteiger partial charge in [0, 0.05) is 5.92 Å². The number of hydrogen-bond acceptors (Lipinski definition) is 5. The van der Waals surface area contributed by atoms with E-state index >= 15 is 0 Å². The van der Waals surface area contributed by atoms with Crippen molar-refractivity contribution in [1.82, 2.24) is 10.2 Å². The highest BCUT2D eigenvalue weighted by Crippen LogP contribution is 2.44. The lowest BCUT2D eigenvalue weighted by Crippen LogP contribution is -2.66. The van der Waals surface area contributed by atoms with Gasteiger partial charge in [-0.1, -0.05) is 48.5 Å². The molecule has 2 aromatic rings. The number of carbonyl (C=O) groups excluding carboxylic acids is 2. The molecule has 2 aliphatic rings. The van der Waals surface area contributed by atoms with Gasteiger partial charge in [-0.05, 0) is 36.1 Å². The SMILES string of the molecule is C[C@H](NC(=O)OCC1c2ccccc2-c2ccccc21)C(=O)N1CC(C)(OCC(=O)O)C1. The number of likely N-dealkylation sites (tertiary alicyclic amines) is 1. The van der Waals surface area contributed by atoms with Crippen molar-refractivity contribution in [3.05, 3.63) is 59.7 Å². The van der Waals surface area contributed by atoms with Crippen LogP contribution in [-0.4, -0.2) is 65.9 Å². The van der Waals surface area contributed by atoms with E-state index in [1.54, 1.807) is 13.8 Å². The number of carboxylic acids is 1. The van der Waals surface area contributed by atoms with Crippen LogP contribution in [0.5, 0.6) is 0 Å². The second kappa shape index (κ2) is 8.63. The molecule has 8 nitrogen and oxygen atoms in total. The second-order valence-electron chi connectivity index (χ2n) is 8.52. The van der Waals surface area contributed by atoms with Crippen molar-refractivity contribution < 1.29 is 29.0 Å². The summed E-state index contributed by atoms with van der Waals surface area (Å²) >= 11 is 0. The lowest BCUT2D eigenvalue weighted by Gasteiger charge is -2.47. The van der Waals surface area contributed by atoms with Crippen LogP contribution in [0.25, 0.3) is 11.1 Å². The van der Waals surface area contributed by atoms with Crippen LogP contribution in [0, 0.1) is 0 Å². The topological polar surface area (TPSA) is 105 Å². The molecule has 0 saturated carbocycles. The molecule has 0 aromatic heterocycles. The summed E-state index contributed by atoms with van der Waals surface area (Å²) in [6.07, 6.45) is -0.655. The van der Waals surface area contributed by atoms with Gasteiger partial charge in [0.1, 0.15) is 24.9 Å². The zero-order valence-electron chi connectivity index (χ0n) is 18.0. The number of nitrogens with one attached hydrogen (secondary N) is 1. The number of aliphatic carboxylic acids is 1. The predicted molar refractivity (Wildman–Crippen MR) is 116 cm³/mol. The minimum atomic E-state index is -1.05. The van der Waals surface area contributed by atoms with E-state index < -0.39 is 30.3 Å². The molecule has 4 rings (SSSR count). The molecule has 1 heterocycles. The van der Waals surface area contributed by atoms with E-state index in [0.717, 1.165) is 22.3 Å². The van der Waals surface area contributed by atoms with Gasteiger partial charge < -0.3 is 24.8 Å². The number of fused-ring (bicyclic) bond motifs is 3. The number of hydrogen-bond donors (Lipinski definition) is 2. The van der Waals surface area contributed by atoms with E-state index in [-0.39, 0.29) is 31.5 Å². The monoisotopic (exact) mass is 438 g/mol. The maximum absolute atomic E-state index is 12.6. The summed E-state index contributed by atoms with van der Waals surface area (Å²) in [6.45, 7) is 3.66. The molecule has 1 aliphatic heterocycles. The molecule has 2 amide bonds. The molecule has 0 spiro atoms. The first-order valence-corrected chi connectivity index (χ1v) is 10.5. The number of nitrogens with zero attached hydrogens (tertiary/aromatic N) is 1. The van der Waals surface area contributed by atoms with Crippen LogP contribution in [0.15, 0.2) is 48.5 Å². The average Bonchev–Trinajstić information content (AvgIpc) is 3.07. The van der Waals surface area contributed by atoms with Crippen molar-refractivity contribution in [3.8, 4) is 11.1 Å². The summed E-state index contributed by atoms with van der Waals surface area (Å²) in [6, 6.07) is 15.4. The highest BCUT2D eigenvalue weighted by Gasteiger charge is 2.44. The lowest BCUT2D eigenvalue weighted by atomic mass is 9.95. The highest BCUT2D eigenvalue weighted by atomic mass is 16.5. The van der Waals surface area contributed by atoms with Gasteiger partial charge >= 0.3 is 12.1 Å². The van der Waals surface area contributed by atoms with Gasteiger partial charge in [0.25, 0.3) is 0 Å². The third-order valence-electron chi connectivity index (χ3n) is 5.95. The molecule has 1 saturated heterocycles. The van der Waals surface area contributed by atoms with Crippen molar-refractivity contribution in [1.29, 1.82) is 0 Å².